The van der Waals surface area contributed by atoms with Crippen LogP contribution < -0.4 is 9.47 Å². The third-order valence-corrected chi connectivity index (χ3v) is 8.95. The van der Waals surface area contributed by atoms with E-state index in [1.54, 1.807) is 0 Å². The zero-order chi connectivity index (χ0) is 32.4. The number of esters is 1. The van der Waals surface area contributed by atoms with E-state index in [1.807, 2.05) is 56.3 Å². The highest BCUT2D eigenvalue weighted by Crippen LogP contribution is 2.32. The fraction of sp³-hybridized carbons (Fsp3) is 0.325. The fourth-order valence-corrected chi connectivity index (χ4v) is 6.43. The van der Waals surface area contributed by atoms with Crippen LogP contribution in [0.15, 0.2) is 103 Å². The van der Waals surface area contributed by atoms with E-state index in [0.717, 1.165) is 79.3 Å². The minimum Gasteiger partial charge on any atom is -0.493 e. The molecule has 2 heterocycles. The molecule has 244 valence electrons. The van der Waals surface area contributed by atoms with Crippen molar-refractivity contribution in [1.82, 2.24) is 14.4 Å². The SMILES string of the molecule is CCOC(=O)c1c(C)n(Cc2ccccc2)c2ccc(OCCN3CCN(CCCOc4ccccc4-c4ccccc4)CC3)cc12. The first-order valence-electron chi connectivity index (χ1n) is 16.8. The standard InChI is InChI=1S/C40H45N3O4/c1-3-45-40(44)39-31(2)43(30-32-13-6-4-7-14-32)37-20-19-34(29-36(37)39)46-28-26-42-24-22-41(23-25-42)21-12-27-47-38-18-11-10-17-35(38)33-15-8-5-9-16-33/h4-11,13-20,29H,3,12,21-28,30H2,1-2H3. The minimum atomic E-state index is -0.291. The summed E-state index contributed by atoms with van der Waals surface area (Å²) in [7, 11) is 0. The summed E-state index contributed by atoms with van der Waals surface area (Å²) < 4.78 is 20.1. The second-order valence-electron chi connectivity index (χ2n) is 12.0. The third kappa shape index (κ3) is 8.05. The number of para-hydroxylation sites is 1. The Morgan fingerprint density at radius 3 is 2.17 bits per heavy atom. The van der Waals surface area contributed by atoms with Crippen molar-refractivity contribution in [2.75, 3.05) is 59.1 Å². The highest BCUT2D eigenvalue weighted by atomic mass is 16.5. The van der Waals surface area contributed by atoms with Crippen molar-refractivity contribution in [3.8, 4) is 22.6 Å². The summed E-state index contributed by atoms with van der Waals surface area (Å²) in [5.41, 5.74) is 6.02. The van der Waals surface area contributed by atoms with Crippen molar-refractivity contribution in [2.24, 2.45) is 0 Å². The van der Waals surface area contributed by atoms with Crippen LogP contribution in [0.2, 0.25) is 0 Å². The Morgan fingerprint density at radius 2 is 1.43 bits per heavy atom. The van der Waals surface area contributed by atoms with Gasteiger partial charge in [-0.15, -0.1) is 0 Å². The largest absolute Gasteiger partial charge is 0.493 e. The third-order valence-electron chi connectivity index (χ3n) is 8.95. The van der Waals surface area contributed by atoms with Crippen LogP contribution in [0.3, 0.4) is 0 Å². The summed E-state index contributed by atoms with van der Waals surface area (Å²) in [5.74, 6) is 1.42. The van der Waals surface area contributed by atoms with Gasteiger partial charge >= 0.3 is 5.97 Å². The Labute approximate surface area is 278 Å². The van der Waals surface area contributed by atoms with E-state index >= 15 is 0 Å². The number of carbonyl (C=O) groups is 1. The predicted octanol–water partition coefficient (Wildman–Crippen LogP) is 7.31. The van der Waals surface area contributed by atoms with Gasteiger partial charge in [0.2, 0.25) is 0 Å². The predicted molar refractivity (Wildman–Crippen MR) is 189 cm³/mol. The molecule has 4 aromatic carbocycles. The summed E-state index contributed by atoms with van der Waals surface area (Å²) in [6.45, 7) is 12.2. The number of nitrogens with zero attached hydrogens (tertiary/aromatic N) is 3. The molecular formula is C40H45N3O4. The molecule has 0 bridgehead atoms. The number of ether oxygens (including phenoxy) is 3. The average molecular weight is 632 g/mol. The van der Waals surface area contributed by atoms with Crippen molar-refractivity contribution >= 4 is 16.9 Å². The lowest BCUT2D eigenvalue weighted by Gasteiger charge is -2.34. The topological polar surface area (TPSA) is 56.2 Å². The molecule has 5 aromatic rings. The first-order valence-corrected chi connectivity index (χ1v) is 16.8. The zero-order valence-corrected chi connectivity index (χ0v) is 27.6. The fourth-order valence-electron chi connectivity index (χ4n) is 6.43. The molecule has 7 nitrogen and oxygen atoms in total. The summed E-state index contributed by atoms with van der Waals surface area (Å²) in [5, 5.41) is 0.871. The summed E-state index contributed by atoms with van der Waals surface area (Å²) in [6.07, 6.45) is 0.995. The normalized spacial score (nSPS) is 13.9. The number of benzene rings is 4. The van der Waals surface area contributed by atoms with E-state index in [9.17, 15) is 4.79 Å². The summed E-state index contributed by atoms with van der Waals surface area (Å²) in [6, 6.07) is 35.1. The Bertz CT molecular complexity index is 1740. The van der Waals surface area contributed by atoms with E-state index in [1.165, 1.54) is 11.1 Å². The van der Waals surface area contributed by atoms with Gasteiger partial charge in [-0.2, -0.15) is 0 Å². The molecule has 0 aliphatic carbocycles. The molecule has 0 unspecified atom stereocenters. The number of piperazine rings is 1. The average Bonchev–Trinajstić information content (AvgIpc) is 3.38. The highest BCUT2D eigenvalue weighted by molar-refractivity contribution is 6.06. The minimum absolute atomic E-state index is 0.291. The van der Waals surface area contributed by atoms with Gasteiger partial charge < -0.3 is 23.7 Å². The van der Waals surface area contributed by atoms with Gasteiger partial charge in [0.15, 0.2) is 0 Å². The molecule has 0 atom stereocenters. The maximum Gasteiger partial charge on any atom is 0.340 e. The second kappa shape index (κ2) is 15.8. The Kier molecular flexibility index (Phi) is 10.9. The lowest BCUT2D eigenvalue weighted by Crippen LogP contribution is -2.47. The van der Waals surface area contributed by atoms with Gasteiger partial charge in [-0.1, -0.05) is 78.9 Å². The van der Waals surface area contributed by atoms with Gasteiger partial charge in [-0.3, -0.25) is 4.90 Å². The molecule has 0 N–H and O–H groups in total. The number of hydrogen-bond acceptors (Lipinski definition) is 6. The second-order valence-corrected chi connectivity index (χ2v) is 12.0. The van der Waals surface area contributed by atoms with E-state index in [-0.39, 0.29) is 5.97 Å². The zero-order valence-electron chi connectivity index (χ0n) is 27.6. The first-order chi connectivity index (χ1) is 23.1. The summed E-state index contributed by atoms with van der Waals surface area (Å²) >= 11 is 0. The number of aromatic nitrogens is 1. The van der Waals surface area contributed by atoms with E-state index in [2.05, 4.69) is 75.0 Å². The van der Waals surface area contributed by atoms with E-state index in [0.29, 0.717) is 31.9 Å². The van der Waals surface area contributed by atoms with Gasteiger partial charge in [0.05, 0.1) is 18.8 Å². The maximum absolute atomic E-state index is 13.0. The molecule has 1 saturated heterocycles. The van der Waals surface area contributed by atoms with Crippen LogP contribution >= 0.6 is 0 Å². The van der Waals surface area contributed by atoms with E-state index in [4.69, 9.17) is 14.2 Å². The van der Waals surface area contributed by atoms with Crippen LogP contribution in [0.5, 0.6) is 11.5 Å². The summed E-state index contributed by atoms with van der Waals surface area (Å²) in [4.78, 5) is 18.0. The van der Waals surface area contributed by atoms with Crippen molar-refractivity contribution in [3.63, 3.8) is 0 Å². The van der Waals surface area contributed by atoms with Crippen molar-refractivity contribution in [3.05, 3.63) is 120 Å². The lowest BCUT2D eigenvalue weighted by molar-refractivity contribution is 0.0527. The number of hydrogen-bond donors (Lipinski definition) is 0. The smallest absolute Gasteiger partial charge is 0.340 e. The van der Waals surface area contributed by atoms with Crippen LogP contribution in [0, 0.1) is 6.92 Å². The van der Waals surface area contributed by atoms with Crippen LogP contribution in [0.1, 0.15) is 35.0 Å². The van der Waals surface area contributed by atoms with Crippen LogP contribution in [0.25, 0.3) is 22.0 Å². The van der Waals surface area contributed by atoms with Crippen LogP contribution in [0.4, 0.5) is 0 Å². The van der Waals surface area contributed by atoms with Gasteiger partial charge in [0, 0.05) is 68.0 Å². The molecule has 6 rings (SSSR count). The van der Waals surface area contributed by atoms with E-state index < -0.39 is 0 Å². The Morgan fingerprint density at radius 1 is 0.745 bits per heavy atom. The van der Waals surface area contributed by atoms with Gasteiger partial charge in [0.25, 0.3) is 0 Å². The molecule has 1 fully saturated rings. The van der Waals surface area contributed by atoms with Crippen molar-refractivity contribution < 1.29 is 19.0 Å². The monoisotopic (exact) mass is 631 g/mol. The molecule has 7 heteroatoms. The van der Waals surface area contributed by atoms with Crippen molar-refractivity contribution in [2.45, 2.75) is 26.8 Å². The molecule has 0 radical (unpaired) electrons. The molecule has 1 aliphatic heterocycles. The van der Waals surface area contributed by atoms with Gasteiger partial charge in [-0.05, 0) is 55.7 Å². The number of carbonyl (C=O) groups excluding carboxylic acids is 1. The number of rotatable bonds is 14. The molecule has 0 spiro atoms. The lowest BCUT2D eigenvalue weighted by atomic mass is 10.1. The molecule has 47 heavy (non-hydrogen) atoms. The Hall–Kier alpha value is -4.59. The van der Waals surface area contributed by atoms with Crippen LogP contribution in [-0.2, 0) is 11.3 Å². The van der Waals surface area contributed by atoms with Gasteiger partial charge in [-0.25, -0.2) is 4.79 Å². The molecule has 1 aliphatic rings. The molecule has 0 amide bonds. The quantitative estimate of drug-likeness (QED) is 0.0947. The van der Waals surface area contributed by atoms with Crippen LogP contribution in [-0.4, -0.2) is 79.4 Å². The first kappa shape index (κ1) is 32.4. The maximum atomic E-state index is 13.0. The molecule has 0 saturated carbocycles. The Balaban J connectivity index is 0.976. The molecule has 1 aromatic heterocycles. The highest BCUT2D eigenvalue weighted by Gasteiger charge is 2.22. The number of fused-ring (bicyclic) bond motifs is 1. The van der Waals surface area contributed by atoms with Crippen molar-refractivity contribution in [1.29, 1.82) is 0 Å². The molecular weight excluding hydrogens is 586 g/mol. The van der Waals surface area contributed by atoms with Gasteiger partial charge in [0.1, 0.15) is 18.1 Å².